The van der Waals surface area contributed by atoms with Gasteiger partial charge in [0.25, 0.3) is 0 Å². The van der Waals surface area contributed by atoms with E-state index in [-0.39, 0.29) is 0 Å². The molecule has 0 saturated heterocycles. The molecule has 9 aromatic rings. The van der Waals surface area contributed by atoms with Crippen LogP contribution in [0.25, 0.3) is 87.4 Å². The Bertz CT molecular complexity index is 2510. The van der Waals surface area contributed by atoms with Crippen molar-refractivity contribution in [3.8, 4) is 56.4 Å². The van der Waals surface area contributed by atoms with E-state index in [0.717, 1.165) is 27.8 Å². The maximum absolute atomic E-state index is 4.96. The standard InChI is InChI=1S/C43H27N3S/c1-3-13-28(14-4-1)41-44-42(29-15-5-2-6-16-29)46-43(45-41)33-20-12-18-31(26-33)30-17-11-19-32(25-30)37-27-39-40(35-22-8-7-21-34(35)37)36-23-9-10-24-38(36)47-39/h1-27H. The predicted octanol–water partition coefficient (Wildman–Crippen LogP) is 11.7. The van der Waals surface area contributed by atoms with Crippen LogP contribution in [0.2, 0.25) is 0 Å². The summed E-state index contributed by atoms with van der Waals surface area (Å²) < 4.78 is 2.63. The van der Waals surface area contributed by atoms with Gasteiger partial charge in [-0.1, -0.05) is 140 Å². The first-order chi connectivity index (χ1) is 23.3. The van der Waals surface area contributed by atoms with Gasteiger partial charge in [-0.25, -0.2) is 15.0 Å². The number of nitrogens with zero attached hydrogens (tertiary/aromatic N) is 3. The molecule has 2 aromatic heterocycles. The third kappa shape index (κ3) is 4.96. The van der Waals surface area contributed by atoms with Crippen LogP contribution in [0, 0.1) is 0 Å². The van der Waals surface area contributed by atoms with E-state index in [4.69, 9.17) is 15.0 Å². The number of rotatable bonds is 5. The van der Waals surface area contributed by atoms with Crippen LogP contribution in [0.4, 0.5) is 0 Å². The zero-order valence-electron chi connectivity index (χ0n) is 25.3. The number of thiophene rings is 1. The van der Waals surface area contributed by atoms with Gasteiger partial charge >= 0.3 is 0 Å². The highest BCUT2D eigenvalue weighted by atomic mass is 32.1. The number of hydrogen-bond donors (Lipinski definition) is 0. The fourth-order valence-electron chi connectivity index (χ4n) is 6.47. The van der Waals surface area contributed by atoms with Crippen molar-refractivity contribution >= 4 is 42.3 Å². The summed E-state index contributed by atoms with van der Waals surface area (Å²) in [5.74, 6) is 1.97. The highest BCUT2D eigenvalue weighted by molar-refractivity contribution is 7.26. The van der Waals surface area contributed by atoms with Crippen molar-refractivity contribution in [1.29, 1.82) is 0 Å². The minimum atomic E-state index is 0.650. The highest BCUT2D eigenvalue weighted by Crippen LogP contribution is 2.43. The number of hydrogen-bond acceptors (Lipinski definition) is 4. The first-order valence-corrected chi connectivity index (χ1v) is 16.5. The topological polar surface area (TPSA) is 38.7 Å². The fourth-order valence-corrected chi connectivity index (χ4v) is 7.63. The van der Waals surface area contributed by atoms with Crippen molar-refractivity contribution in [3.63, 3.8) is 0 Å². The van der Waals surface area contributed by atoms with Crippen LogP contribution in [0.15, 0.2) is 164 Å². The first-order valence-electron chi connectivity index (χ1n) is 15.7. The summed E-state index contributed by atoms with van der Waals surface area (Å²) >= 11 is 1.87. The van der Waals surface area contributed by atoms with Crippen LogP contribution in [-0.2, 0) is 0 Å². The van der Waals surface area contributed by atoms with Crippen LogP contribution in [0.3, 0.4) is 0 Å². The largest absolute Gasteiger partial charge is 0.208 e. The molecule has 0 aliphatic carbocycles. The van der Waals surface area contributed by atoms with Crippen molar-refractivity contribution < 1.29 is 0 Å². The molecule has 4 heteroatoms. The average molecular weight is 618 g/mol. The van der Waals surface area contributed by atoms with Crippen molar-refractivity contribution in [3.05, 3.63) is 164 Å². The molecule has 0 bridgehead atoms. The van der Waals surface area contributed by atoms with Gasteiger partial charge in [0, 0.05) is 36.9 Å². The molecule has 0 fully saturated rings. The third-order valence-electron chi connectivity index (χ3n) is 8.71. The molecular weight excluding hydrogens is 591 g/mol. The lowest BCUT2D eigenvalue weighted by molar-refractivity contribution is 1.07. The van der Waals surface area contributed by atoms with Gasteiger partial charge in [0.2, 0.25) is 0 Å². The van der Waals surface area contributed by atoms with Gasteiger partial charge in [-0.15, -0.1) is 11.3 Å². The lowest BCUT2D eigenvalue weighted by atomic mass is 9.93. The molecule has 220 valence electrons. The second-order valence-corrected chi connectivity index (χ2v) is 12.7. The molecule has 47 heavy (non-hydrogen) atoms. The van der Waals surface area contributed by atoms with Crippen molar-refractivity contribution in [2.45, 2.75) is 0 Å². The van der Waals surface area contributed by atoms with E-state index in [2.05, 4.69) is 103 Å². The van der Waals surface area contributed by atoms with E-state index in [1.807, 2.05) is 72.0 Å². The van der Waals surface area contributed by atoms with Gasteiger partial charge < -0.3 is 0 Å². The SMILES string of the molecule is c1ccc(-c2nc(-c3ccccc3)nc(-c3cccc(-c4cccc(-c5cc6sc7ccccc7c6c6ccccc56)c4)c3)n2)cc1. The summed E-state index contributed by atoms with van der Waals surface area (Å²) in [5, 5.41) is 5.23. The molecule has 0 spiro atoms. The Labute approximate surface area is 276 Å². The van der Waals surface area contributed by atoms with Crippen LogP contribution < -0.4 is 0 Å². The van der Waals surface area contributed by atoms with E-state index in [1.54, 1.807) is 0 Å². The van der Waals surface area contributed by atoms with Crippen molar-refractivity contribution in [2.75, 3.05) is 0 Å². The van der Waals surface area contributed by atoms with Crippen LogP contribution in [0.5, 0.6) is 0 Å². The van der Waals surface area contributed by atoms with E-state index < -0.39 is 0 Å². The fraction of sp³-hybridized carbons (Fsp3) is 0. The smallest absolute Gasteiger partial charge is 0.164 e. The highest BCUT2D eigenvalue weighted by Gasteiger charge is 2.15. The predicted molar refractivity (Wildman–Crippen MR) is 197 cm³/mol. The normalized spacial score (nSPS) is 11.4. The van der Waals surface area contributed by atoms with Crippen molar-refractivity contribution in [1.82, 2.24) is 15.0 Å². The molecule has 0 unspecified atom stereocenters. The second-order valence-electron chi connectivity index (χ2n) is 11.6. The number of benzene rings is 7. The summed E-state index contributed by atoms with van der Waals surface area (Å²) in [6.07, 6.45) is 0. The Kier molecular flexibility index (Phi) is 6.65. The monoisotopic (exact) mass is 617 g/mol. The van der Waals surface area contributed by atoms with Crippen LogP contribution in [0.1, 0.15) is 0 Å². The quantitative estimate of drug-likeness (QED) is 0.193. The van der Waals surface area contributed by atoms with E-state index in [0.29, 0.717) is 17.5 Å². The zero-order valence-corrected chi connectivity index (χ0v) is 26.2. The van der Waals surface area contributed by atoms with Gasteiger partial charge in [-0.05, 0) is 57.3 Å². The summed E-state index contributed by atoms with van der Waals surface area (Å²) in [4.78, 5) is 14.8. The van der Waals surface area contributed by atoms with Gasteiger partial charge in [0.1, 0.15) is 0 Å². The molecule has 0 N–H and O–H groups in total. The molecule has 0 aliphatic heterocycles. The summed E-state index contributed by atoms with van der Waals surface area (Å²) in [7, 11) is 0. The average Bonchev–Trinajstić information content (AvgIpc) is 3.54. The van der Waals surface area contributed by atoms with Gasteiger partial charge in [-0.2, -0.15) is 0 Å². The van der Waals surface area contributed by atoms with E-state index in [1.165, 1.54) is 42.1 Å². The molecule has 0 saturated carbocycles. The molecule has 0 atom stereocenters. The Morgan fingerprint density at radius 2 is 0.787 bits per heavy atom. The van der Waals surface area contributed by atoms with Gasteiger partial charge in [0.15, 0.2) is 17.5 Å². The Hall–Kier alpha value is -5.97. The van der Waals surface area contributed by atoms with Gasteiger partial charge in [0.05, 0.1) is 0 Å². The van der Waals surface area contributed by atoms with E-state index in [9.17, 15) is 0 Å². The van der Waals surface area contributed by atoms with Crippen molar-refractivity contribution in [2.24, 2.45) is 0 Å². The molecular formula is C43H27N3S. The van der Waals surface area contributed by atoms with Crippen LogP contribution >= 0.6 is 11.3 Å². The van der Waals surface area contributed by atoms with Gasteiger partial charge in [-0.3, -0.25) is 0 Å². The molecule has 0 amide bonds. The van der Waals surface area contributed by atoms with E-state index >= 15 is 0 Å². The number of fused-ring (bicyclic) bond motifs is 5. The second kappa shape index (κ2) is 11.4. The molecule has 0 aliphatic rings. The zero-order chi connectivity index (χ0) is 31.2. The summed E-state index contributed by atoms with van der Waals surface area (Å²) in [6, 6.07) is 57.5. The first kappa shape index (κ1) is 27.3. The Morgan fingerprint density at radius 3 is 1.45 bits per heavy atom. The molecule has 9 rings (SSSR count). The minimum absolute atomic E-state index is 0.650. The maximum Gasteiger partial charge on any atom is 0.164 e. The molecule has 7 aromatic carbocycles. The Balaban J connectivity index is 1.16. The third-order valence-corrected chi connectivity index (χ3v) is 9.83. The number of aromatic nitrogens is 3. The molecule has 2 heterocycles. The maximum atomic E-state index is 4.96. The summed E-state index contributed by atoms with van der Waals surface area (Å²) in [5.41, 5.74) is 7.56. The molecule has 3 nitrogen and oxygen atoms in total. The van der Waals surface area contributed by atoms with Crippen LogP contribution in [-0.4, -0.2) is 15.0 Å². The molecule has 0 radical (unpaired) electrons. The minimum Gasteiger partial charge on any atom is -0.208 e. The lowest BCUT2D eigenvalue weighted by Gasteiger charge is -2.12. The summed E-state index contributed by atoms with van der Waals surface area (Å²) in [6.45, 7) is 0. The Morgan fingerprint density at radius 1 is 0.319 bits per heavy atom. The lowest BCUT2D eigenvalue weighted by Crippen LogP contribution is -2.00.